The van der Waals surface area contributed by atoms with E-state index in [1.807, 2.05) is 48.5 Å². The molecule has 0 spiro atoms. The Morgan fingerprint density at radius 1 is 0.462 bits per heavy atom. The van der Waals surface area contributed by atoms with Crippen LogP contribution in [0.25, 0.3) is 55.0 Å². The first-order valence-electron chi connectivity index (χ1n) is 16.6. The van der Waals surface area contributed by atoms with Gasteiger partial charge < -0.3 is 9.80 Å². The molecule has 0 fully saturated rings. The van der Waals surface area contributed by atoms with Crippen molar-refractivity contribution in [2.45, 2.75) is 20.3 Å². The van der Waals surface area contributed by atoms with Crippen LogP contribution in [0.5, 0.6) is 0 Å². The van der Waals surface area contributed by atoms with Crippen molar-refractivity contribution < 1.29 is 29.7 Å². The molecule has 0 aliphatic carbocycles. The molecule has 0 unspecified atom stereocenters. The van der Waals surface area contributed by atoms with E-state index in [-0.39, 0.29) is 38.1 Å². The van der Waals surface area contributed by atoms with Crippen LogP contribution in [0.3, 0.4) is 0 Å². The van der Waals surface area contributed by atoms with E-state index in [4.69, 9.17) is 0 Å². The maximum absolute atomic E-state index is 10.0. The van der Waals surface area contributed by atoms with Gasteiger partial charge in [0.05, 0.1) is 17.8 Å². The molecule has 0 saturated heterocycles. The second-order valence-electron chi connectivity index (χ2n) is 12.6. The Labute approximate surface area is 316 Å². The van der Waals surface area contributed by atoms with Gasteiger partial charge in [-0.25, -0.2) is 0 Å². The fourth-order valence-electron chi connectivity index (χ4n) is 5.95. The van der Waals surface area contributed by atoms with Crippen molar-refractivity contribution in [2.75, 3.05) is 38.0 Å². The minimum absolute atomic E-state index is 0. The number of hydrogen-bond donors (Lipinski definition) is 0. The predicted molar refractivity (Wildman–Crippen MR) is 207 cm³/mol. The number of Topliss-reactive ketones (excluding diaryl/α,β-unsaturated/α-hetero) is 2. The Balaban J connectivity index is 0.000000168. The second kappa shape index (κ2) is 16.5. The standard InChI is InChI=1S/2C18H16N4.C5H8O2.Ir/c2*1-21(2)17-11-12-18(14-8-4-3-7-13(14)17)22-19-15-9-5-6-10-16(15)20-22;1-4(6)3-5(2)7;/h2*3-12H,1-2H3;3H2,1-2H3;. The van der Waals surface area contributed by atoms with Crippen molar-refractivity contribution in [1.82, 2.24) is 30.0 Å². The average molecular weight is 869 g/mol. The van der Waals surface area contributed by atoms with Gasteiger partial charge in [0.25, 0.3) is 0 Å². The van der Waals surface area contributed by atoms with E-state index >= 15 is 0 Å². The third-order valence-electron chi connectivity index (χ3n) is 8.22. The number of carbonyl (C=O) groups excluding carboxylic acids is 2. The van der Waals surface area contributed by atoms with Crippen molar-refractivity contribution in [1.29, 1.82) is 0 Å². The van der Waals surface area contributed by atoms with Crippen molar-refractivity contribution in [3.05, 3.63) is 121 Å². The van der Waals surface area contributed by atoms with E-state index in [0.717, 1.165) is 44.2 Å². The molecular weight excluding hydrogens is 829 g/mol. The average Bonchev–Trinajstić information content (AvgIpc) is 3.75. The van der Waals surface area contributed by atoms with Crippen LogP contribution in [0, 0.1) is 0 Å². The Bertz CT molecular complexity index is 2260. The molecule has 2 heterocycles. The summed E-state index contributed by atoms with van der Waals surface area (Å²) in [4.78, 5) is 27.8. The van der Waals surface area contributed by atoms with E-state index in [1.54, 1.807) is 9.59 Å². The number of fused-ring (bicyclic) bond motifs is 4. The van der Waals surface area contributed by atoms with Gasteiger partial charge >= 0.3 is 0 Å². The third kappa shape index (κ3) is 8.23. The minimum Gasteiger partial charge on any atom is -0.377 e. The first-order chi connectivity index (χ1) is 24.6. The molecule has 0 bridgehead atoms. The SMILES string of the molecule is CC(=O)CC(C)=O.CN(C)c1ccc(-n2nc3ccccc3n2)c2ccccc12.CN(C)c1ccc(-n2nc3ccccc3n2)c2ccccc12.[Ir]. The summed E-state index contributed by atoms with van der Waals surface area (Å²) in [5.74, 6) is -0.125. The summed E-state index contributed by atoms with van der Waals surface area (Å²) in [6.45, 7) is 2.81. The molecule has 0 aliphatic rings. The molecule has 0 atom stereocenters. The summed E-state index contributed by atoms with van der Waals surface area (Å²) in [5, 5.41) is 23.1. The van der Waals surface area contributed by atoms with E-state index < -0.39 is 0 Å². The smallest absolute Gasteiger partial charge is 0.137 e. The molecule has 52 heavy (non-hydrogen) atoms. The molecule has 0 aliphatic heterocycles. The zero-order valence-electron chi connectivity index (χ0n) is 30.0. The summed E-state index contributed by atoms with van der Waals surface area (Å²) in [5.41, 5.74) is 8.00. The summed E-state index contributed by atoms with van der Waals surface area (Å²) in [7, 11) is 8.23. The maximum atomic E-state index is 10.0. The molecule has 0 amide bonds. The van der Waals surface area contributed by atoms with Crippen molar-refractivity contribution in [3.8, 4) is 11.4 Å². The van der Waals surface area contributed by atoms with Crippen LogP contribution < -0.4 is 9.80 Å². The van der Waals surface area contributed by atoms with Crippen molar-refractivity contribution in [3.63, 3.8) is 0 Å². The summed E-state index contributed by atoms with van der Waals surface area (Å²) in [6, 6.07) is 41.0. The van der Waals surface area contributed by atoms with Gasteiger partial charge in [0.15, 0.2) is 0 Å². The first kappa shape index (κ1) is 37.5. The van der Waals surface area contributed by atoms with Gasteiger partial charge in [-0.3, -0.25) is 9.59 Å². The van der Waals surface area contributed by atoms with Crippen LogP contribution in [0.4, 0.5) is 11.4 Å². The van der Waals surface area contributed by atoms with Crippen LogP contribution in [-0.4, -0.2) is 69.7 Å². The van der Waals surface area contributed by atoms with E-state index in [9.17, 15) is 9.59 Å². The third-order valence-corrected chi connectivity index (χ3v) is 8.22. The molecule has 6 aromatic carbocycles. The predicted octanol–water partition coefficient (Wildman–Crippen LogP) is 7.83. The molecule has 11 heteroatoms. The number of aromatic nitrogens is 6. The Kier molecular flexibility index (Phi) is 11.9. The van der Waals surface area contributed by atoms with Crippen LogP contribution in [-0.2, 0) is 29.7 Å². The Morgan fingerprint density at radius 3 is 1.02 bits per heavy atom. The van der Waals surface area contributed by atoms with Crippen LogP contribution in [0.2, 0.25) is 0 Å². The number of anilines is 2. The zero-order chi connectivity index (χ0) is 36.1. The Morgan fingerprint density at radius 2 is 0.750 bits per heavy atom. The molecule has 0 N–H and O–H groups in total. The largest absolute Gasteiger partial charge is 0.377 e. The van der Waals surface area contributed by atoms with Gasteiger partial charge in [-0.15, -0.1) is 30.0 Å². The van der Waals surface area contributed by atoms with Gasteiger partial charge in [0.1, 0.15) is 33.6 Å². The molecular formula is C41H40IrN8O2. The van der Waals surface area contributed by atoms with Crippen LogP contribution >= 0.6 is 0 Å². The molecule has 8 aromatic rings. The Hall–Kier alpha value is -5.77. The number of nitrogens with zero attached hydrogens (tertiary/aromatic N) is 8. The quantitative estimate of drug-likeness (QED) is 0.156. The fourth-order valence-corrected chi connectivity index (χ4v) is 5.95. The zero-order valence-corrected chi connectivity index (χ0v) is 32.4. The van der Waals surface area contributed by atoms with Gasteiger partial charge in [-0.1, -0.05) is 72.8 Å². The van der Waals surface area contributed by atoms with Crippen LogP contribution in [0.15, 0.2) is 121 Å². The molecule has 265 valence electrons. The fraction of sp³-hybridized carbons (Fsp3) is 0.171. The second-order valence-corrected chi connectivity index (χ2v) is 12.6. The minimum atomic E-state index is -0.0625. The molecule has 0 saturated carbocycles. The number of hydrogen-bond acceptors (Lipinski definition) is 8. The molecule has 10 nitrogen and oxygen atoms in total. The van der Waals surface area contributed by atoms with E-state index in [1.165, 1.54) is 36.0 Å². The van der Waals surface area contributed by atoms with E-state index in [2.05, 4.69) is 131 Å². The number of benzene rings is 6. The number of carbonyl (C=O) groups is 2. The maximum Gasteiger partial charge on any atom is 0.137 e. The van der Waals surface area contributed by atoms with Gasteiger partial charge in [-0.05, 0) is 62.4 Å². The number of ketones is 2. The monoisotopic (exact) mass is 869 g/mol. The van der Waals surface area contributed by atoms with E-state index in [0.29, 0.717) is 0 Å². The topological polar surface area (TPSA) is 102 Å². The molecule has 2 aromatic heterocycles. The summed E-state index contributed by atoms with van der Waals surface area (Å²) >= 11 is 0. The van der Waals surface area contributed by atoms with Gasteiger partial charge in [0, 0.05) is 81.2 Å². The summed E-state index contributed by atoms with van der Waals surface area (Å²) < 4.78 is 0. The molecule has 8 rings (SSSR count). The first-order valence-corrected chi connectivity index (χ1v) is 16.6. The van der Waals surface area contributed by atoms with Crippen LogP contribution in [0.1, 0.15) is 20.3 Å². The van der Waals surface area contributed by atoms with Crippen molar-refractivity contribution >= 4 is 66.6 Å². The van der Waals surface area contributed by atoms with Gasteiger partial charge in [0.2, 0.25) is 0 Å². The van der Waals surface area contributed by atoms with Crippen molar-refractivity contribution in [2.24, 2.45) is 0 Å². The normalized spacial score (nSPS) is 10.6. The summed E-state index contributed by atoms with van der Waals surface area (Å²) in [6.07, 6.45) is 0.0833. The number of rotatable bonds is 6. The molecule has 1 radical (unpaired) electrons. The van der Waals surface area contributed by atoms with Gasteiger partial charge in [-0.2, -0.15) is 0 Å².